The third-order valence-electron chi connectivity index (χ3n) is 2.43. The summed E-state index contributed by atoms with van der Waals surface area (Å²) in [5.41, 5.74) is -0.493. The van der Waals surface area contributed by atoms with Gasteiger partial charge in [-0.25, -0.2) is 8.42 Å². The second-order valence-corrected chi connectivity index (χ2v) is 7.43. The Balaban J connectivity index is 3.14. The van der Waals surface area contributed by atoms with E-state index in [-0.39, 0.29) is 11.4 Å². The van der Waals surface area contributed by atoms with E-state index in [1.807, 2.05) is 0 Å². The first kappa shape index (κ1) is 15.4. The molecule has 1 aromatic carbocycles. The molecule has 0 aliphatic heterocycles. The zero-order valence-corrected chi connectivity index (χ0v) is 12.5. The van der Waals surface area contributed by atoms with E-state index in [1.165, 1.54) is 13.1 Å². The van der Waals surface area contributed by atoms with Crippen molar-refractivity contribution in [2.24, 2.45) is 0 Å². The van der Waals surface area contributed by atoms with Crippen LogP contribution in [0.3, 0.4) is 0 Å². The van der Waals surface area contributed by atoms with E-state index >= 15 is 0 Å². The summed E-state index contributed by atoms with van der Waals surface area (Å²) in [6.45, 7) is 4.84. The second kappa shape index (κ2) is 5.17. The average Bonchev–Trinajstić information content (AvgIpc) is 2.13. The van der Waals surface area contributed by atoms with Gasteiger partial charge in [0.1, 0.15) is 0 Å². The molecule has 0 saturated heterocycles. The molecule has 6 heteroatoms. The number of rotatable bonds is 4. The van der Waals surface area contributed by atoms with Crippen LogP contribution in [0, 0.1) is 6.92 Å². The van der Waals surface area contributed by atoms with Gasteiger partial charge in [-0.15, -0.1) is 0 Å². The number of halogens is 1. The summed E-state index contributed by atoms with van der Waals surface area (Å²) in [7, 11) is -2.16. The molecule has 18 heavy (non-hydrogen) atoms. The number of aryl methyl sites for hydroxylation is 1. The Bertz CT molecular complexity index is 535. The normalized spacial score (nSPS) is 13.1. The Labute approximate surface area is 113 Å². The Kier molecular flexibility index (Phi) is 4.43. The molecular formula is C12H18ClNO3S. The molecule has 0 aromatic heterocycles. The summed E-state index contributed by atoms with van der Waals surface area (Å²) in [4.78, 5) is 0.207. The standard InChI is InChI=1S/C12H18ClNO3S/c1-9-7-10(13)5-6-11(9)18(16,17)14(4)8-12(2,3)15/h5-7,15H,8H2,1-4H3. The van der Waals surface area contributed by atoms with Crippen molar-refractivity contribution < 1.29 is 13.5 Å². The highest BCUT2D eigenvalue weighted by Crippen LogP contribution is 2.23. The molecule has 4 nitrogen and oxygen atoms in total. The zero-order valence-electron chi connectivity index (χ0n) is 10.9. The second-order valence-electron chi connectivity index (χ2n) is 4.98. The minimum atomic E-state index is -3.60. The van der Waals surface area contributed by atoms with Crippen molar-refractivity contribution in [2.45, 2.75) is 31.3 Å². The van der Waals surface area contributed by atoms with Crippen LogP contribution in [0.2, 0.25) is 5.02 Å². The van der Waals surface area contributed by atoms with Crippen LogP contribution in [0.25, 0.3) is 0 Å². The molecule has 1 rings (SSSR count). The molecule has 0 bridgehead atoms. The van der Waals surface area contributed by atoms with Gasteiger partial charge in [0.15, 0.2) is 0 Å². The number of aliphatic hydroxyl groups is 1. The molecule has 0 aliphatic rings. The molecule has 0 saturated carbocycles. The molecule has 0 amide bonds. The van der Waals surface area contributed by atoms with E-state index in [9.17, 15) is 13.5 Å². The molecule has 0 unspecified atom stereocenters. The van der Waals surface area contributed by atoms with Gasteiger partial charge in [0.05, 0.1) is 10.5 Å². The lowest BCUT2D eigenvalue weighted by Crippen LogP contribution is -2.39. The third kappa shape index (κ3) is 3.68. The van der Waals surface area contributed by atoms with Crippen molar-refractivity contribution in [3.05, 3.63) is 28.8 Å². The predicted molar refractivity (Wildman–Crippen MR) is 72.3 cm³/mol. The summed E-state index contributed by atoms with van der Waals surface area (Å²) in [6.07, 6.45) is 0. The first-order chi connectivity index (χ1) is 8.04. The van der Waals surface area contributed by atoms with Crippen LogP contribution in [0.1, 0.15) is 19.4 Å². The maximum atomic E-state index is 12.3. The molecular weight excluding hydrogens is 274 g/mol. The molecule has 0 atom stereocenters. The number of nitrogens with zero attached hydrogens (tertiary/aromatic N) is 1. The van der Waals surface area contributed by atoms with Gasteiger partial charge in [-0.05, 0) is 44.5 Å². The molecule has 1 N–H and O–H groups in total. The van der Waals surface area contributed by atoms with Crippen LogP contribution >= 0.6 is 11.6 Å². The van der Waals surface area contributed by atoms with Crippen LogP contribution in [-0.2, 0) is 10.0 Å². The van der Waals surface area contributed by atoms with E-state index in [1.54, 1.807) is 32.9 Å². The fourth-order valence-corrected chi connectivity index (χ4v) is 3.45. The maximum absolute atomic E-state index is 12.3. The Hall–Kier alpha value is -0.620. The fourth-order valence-electron chi connectivity index (χ4n) is 1.70. The van der Waals surface area contributed by atoms with Gasteiger partial charge in [-0.1, -0.05) is 11.6 Å². The van der Waals surface area contributed by atoms with E-state index in [0.717, 1.165) is 4.31 Å². The van der Waals surface area contributed by atoms with Gasteiger partial charge in [0.25, 0.3) is 0 Å². The number of sulfonamides is 1. The van der Waals surface area contributed by atoms with Crippen molar-refractivity contribution in [2.75, 3.05) is 13.6 Å². The fraction of sp³-hybridized carbons (Fsp3) is 0.500. The van der Waals surface area contributed by atoms with Crippen LogP contribution in [0.15, 0.2) is 23.1 Å². The van der Waals surface area contributed by atoms with Crippen LogP contribution in [-0.4, -0.2) is 37.0 Å². The van der Waals surface area contributed by atoms with Crippen LogP contribution in [0.4, 0.5) is 0 Å². The maximum Gasteiger partial charge on any atom is 0.243 e. The van der Waals surface area contributed by atoms with E-state index < -0.39 is 15.6 Å². The lowest BCUT2D eigenvalue weighted by atomic mass is 10.1. The average molecular weight is 292 g/mol. The first-order valence-electron chi connectivity index (χ1n) is 5.49. The van der Waals surface area contributed by atoms with Gasteiger partial charge in [0.2, 0.25) is 10.0 Å². The van der Waals surface area contributed by atoms with Gasteiger partial charge >= 0.3 is 0 Å². The monoisotopic (exact) mass is 291 g/mol. The van der Waals surface area contributed by atoms with Crippen molar-refractivity contribution in [1.29, 1.82) is 0 Å². The zero-order chi connectivity index (χ0) is 14.1. The van der Waals surface area contributed by atoms with Crippen LogP contribution in [0.5, 0.6) is 0 Å². The quantitative estimate of drug-likeness (QED) is 0.923. The number of benzene rings is 1. The number of hydrogen-bond acceptors (Lipinski definition) is 3. The van der Waals surface area contributed by atoms with E-state index in [0.29, 0.717) is 10.6 Å². The number of hydrogen-bond donors (Lipinski definition) is 1. The molecule has 102 valence electrons. The van der Waals surface area contributed by atoms with Gasteiger partial charge in [0, 0.05) is 18.6 Å². The highest BCUT2D eigenvalue weighted by atomic mass is 35.5. The molecule has 0 heterocycles. The molecule has 0 spiro atoms. The minimum Gasteiger partial charge on any atom is -0.389 e. The van der Waals surface area contributed by atoms with Crippen molar-refractivity contribution in [1.82, 2.24) is 4.31 Å². The summed E-state index contributed by atoms with van der Waals surface area (Å²) in [5, 5.41) is 10.2. The summed E-state index contributed by atoms with van der Waals surface area (Å²) < 4.78 is 25.8. The summed E-state index contributed by atoms with van der Waals surface area (Å²) in [5.74, 6) is 0. The summed E-state index contributed by atoms with van der Waals surface area (Å²) >= 11 is 5.80. The van der Waals surface area contributed by atoms with Crippen molar-refractivity contribution in [3.63, 3.8) is 0 Å². The smallest absolute Gasteiger partial charge is 0.243 e. The van der Waals surface area contributed by atoms with E-state index in [4.69, 9.17) is 11.6 Å². The van der Waals surface area contributed by atoms with Crippen LogP contribution < -0.4 is 0 Å². The van der Waals surface area contributed by atoms with Crippen molar-refractivity contribution in [3.8, 4) is 0 Å². The first-order valence-corrected chi connectivity index (χ1v) is 7.31. The molecule has 0 aliphatic carbocycles. The topological polar surface area (TPSA) is 57.6 Å². The molecule has 1 aromatic rings. The Morgan fingerprint density at radius 3 is 2.39 bits per heavy atom. The minimum absolute atomic E-state index is 0.0252. The molecule has 0 fully saturated rings. The predicted octanol–water partition coefficient (Wildman–Crippen LogP) is 2.04. The Morgan fingerprint density at radius 1 is 1.39 bits per heavy atom. The lowest BCUT2D eigenvalue weighted by Gasteiger charge is -2.25. The van der Waals surface area contributed by atoms with Gasteiger partial charge in [-0.3, -0.25) is 0 Å². The SMILES string of the molecule is Cc1cc(Cl)ccc1S(=O)(=O)N(C)CC(C)(C)O. The largest absolute Gasteiger partial charge is 0.389 e. The lowest BCUT2D eigenvalue weighted by molar-refractivity contribution is 0.0640. The van der Waals surface area contributed by atoms with E-state index in [2.05, 4.69) is 0 Å². The van der Waals surface area contributed by atoms with Gasteiger partial charge < -0.3 is 5.11 Å². The van der Waals surface area contributed by atoms with Crippen molar-refractivity contribution >= 4 is 21.6 Å². The summed E-state index contributed by atoms with van der Waals surface area (Å²) in [6, 6.07) is 4.62. The highest BCUT2D eigenvalue weighted by Gasteiger charge is 2.27. The van der Waals surface area contributed by atoms with Gasteiger partial charge in [-0.2, -0.15) is 4.31 Å². The number of likely N-dealkylation sites (N-methyl/N-ethyl adjacent to an activating group) is 1. The highest BCUT2D eigenvalue weighted by molar-refractivity contribution is 7.89. The molecule has 0 radical (unpaired) electrons. The Morgan fingerprint density at radius 2 is 1.94 bits per heavy atom. The third-order valence-corrected chi connectivity index (χ3v) is 4.63.